The molecule has 1 aliphatic heterocycles. The molecule has 1 spiro atoms. The van der Waals surface area contributed by atoms with E-state index in [0.717, 1.165) is 19.3 Å². The van der Waals surface area contributed by atoms with E-state index in [4.69, 9.17) is 14.2 Å². The van der Waals surface area contributed by atoms with E-state index >= 15 is 0 Å². The van der Waals surface area contributed by atoms with Crippen LogP contribution in [0.25, 0.3) is 0 Å². The number of carbonyl (C=O) groups is 3. The minimum absolute atomic E-state index is 0.158. The molecule has 1 saturated carbocycles. The predicted molar refractivity (Wildman–Crippen MR) is 72.2 cm³/mol. The van der Waals surface area contributed by atoms with E-state index in [2.05, 4.69) is 0 Å². The van der Waals surface area contributed by atoms with Gasteiger partial charge in [0, 0.05) is 0 Å². The van der Waals surface area contributed by atoms with Crippen LogP contribution in [0.15, 0.2) is 0 Å². The highest BCUT2D eigenvalue weighted by Gasteiger charge is 2.62. The smallest absolute Gasteiger partial charge is 0.321 e. The molecule has 0 aromatic carbocycles. The molecular formula is C15H22O6. The third kappa shape index (κ3) is 2.89. The van der Waals surface area contributed by atoms with Crippen molar-refractivity contribution in [3.8, 4) is 0 Å². The Kier molecular flexibility index (Phi) is 4.85. The Balaban J connectivity index is 2.32. The highest BCUT2D eigenvalue weighted by atomic mass is 16.6. The monoisotopic (exact) mass is 298 g/mol. The molecule has 0 radical (unpaired) electrons. The number of rotatable bonds is 4. The first kappa shape index (κ1) is 15.8. The fourth-order valence-electron chi connectivity index (χ4n) is 3.38. The van der Waals surface area contributed by atoms with E-state index in [1.807, 2.05) is 0 Å². The molecule has 6 heteroatoms. The fraction of sp³-hybridized carbons (Fsp3) is 0.800. The standard InChI is InChI=1S/C15H22O6/c1-3-19-12(16)10-11(14(18)20-4-2)15(21-13(10)17)8-6-5-7-9-15/h10-11H,3-9H2,1-2H3/t10-,11+/m1/s1. The summed E-state index contributed by atoms with van der Waals surface area (Å²) in [5, 5.41) is 0. The van der Waals surface area contributed by atoms with E-state index in [9.17, 15) is 14.4 Å². The topological polar surface area (TPSA) is 78.9 Å². The summed E-state index contributed by atoms with van der Waals surface area (Å²) in [6, 6.07) is 0. The van der Waals surface area contributed by atoms with Gasteiger partial charge in [-0.05, 0) is 39.5 Å². The van der Waals surface area contributed by atoms with Crippen molar-refractivity contribution in [3.05, 3.63) is 0 Å². The minimum Gasteiger partial charge on any atom is -0.466 e. The van der Waals surface area contributed by atoms with Gasteiger partial charge in [0.15, 0.2) is 5.92 Å². The zero-order valence-corrected chi connectivity index (χ0v) is 12.6. The van der Waals surface area contributed by atoms with Crippen molar-refractivity contribution in [1.82, 2.24) is 0 Å². The number of ether oxygens (including phenoxy) is 3. The van der Waals surface area contributed by atoms with Crippen LogP contribution >= 0.6 is 0 Å². The van der Waals surface area contributed by atoms with Crippen LogP contribution in [0.1, 0.15) is 46.0 Å². The van der Waals surface area contributed by atoms with Gasteiger partial charge in [-0.3, -0.25) is 14.4 Å². The third-order valence-electron chi connectivity index (χ3n) is 4.24. The van der Waals surface area contributed by atoms with Crippen molar-refractivity contribution in [2.24, 2.45) is 11.8 Å². The Morgan fingerprint density at radius 1 is 1.10 bits per heavy atom. The molecule has 0 amide bonds. The van der Waals surface area contributed by atoms with Crippen LogP contribution < -0.4 is 0 Å². The van der Waals surface area contributed by atoms with Crippen LogP contribution in [0.5, 0.6) is 0 Å². The Bertz CT molecular complexity index is 424. The van der Waals surface area contributed by atoms with Crippen LogP contribution in [0, 0.1) is 11.8 Å². The number of hydrogen-bond donors (Lipinski definition) is 0. The minimum atomic E-state index is -1.19. The second kappa shape index (κ2) is 6.45. The average molecular weight is 298 g/mol. The van der Waals surface area contributed by atoms with E-state index in [0.29, 0.717) is 12.8 Å². The quantitative estimate of drug-likeness (QED) is 0.445. The van der Waals surface area contributed by atoms with Gasteiger partial charge in [0.1, 0.15) is 11.5 Å². The van der Waals surface area contributed by atoms with Crippen LogP contribution in [0.3, 0.4) is 0 Å². The van der Waals surface area contributed by atoms with E-state index in [-0.39, 0.29) is 13.2 Å². The molecule has 2 fully saturated rings. The number of esters is 3. The molecule has 1 aliphatic carbocycles. The van der Waals surface area contributed by atoms with Crippen molar-refractivity contribution in [3.63, 3.8) is 0 Å². The molecule has 0 aromatic rings. The zero-order chi connectivity index (χ0) is 15.5. The summed E-state index contributed by atoms with van der Waals surface area (Å²) in [5.74, 6) is -3.97. The van der Waals surface area contributed by atoms with Crippen LogP contribution in [0.2, 0.25) is 0 Å². The third-order valence-corrected chi connectivity index (χ3v) is 4.24. The van der Waals surface area contributed by atoms with Crippen molar-refractivity contribution in [2.45, 2.75) is 51.6 Å². The lowest BCUT2D eigenvalue weighted by Crippen LogP contribution is -2.45. The summed E-state index contributed by atoms with van der Waals surface area (Å²) in [5.41, 5.74) is -0.890. The van der Waals surface area contributed by atoms with Crippen LogP contribution in [-0.2, 0) is 28.6 Å². The summed E-state index contributed by atoms with van der Waals surface area (Å²) in [6.45, 7) is 3.72. The summed E-state index contributed by atoms with van der Waals surface area (Å²) >= 11 is 0. The molecule has 0 aromatic heterocycles. The molecular weight excluding hydrogens is 276 g/mol. The second-order valence-electron chi connectivity index (χ2n) is 5.51. The van der Waals surface area contributed by atoms with Gasteiger partial charge in [0.05, 0.1) is 13.2 Å². The zero-order valence-electron chi connectivity index (χ0n) is 12.6. The van der Waals surface area contributed by atoms with E-state index in [1.165, 1.54) is 0 Å². The van der Waals surface area contributed by atoms with E-state index in [1.54, 1.807) is 13.8 Å². The average Bonchev–Trinajstić information content (AvgIpc) is 2.72. The summed E-state index contributed by atoms with van der Waals surface area (Å²) in [4.78, 5) is 36.5. The highest BCUT2D eigenvalue weighted by Crippen LogP contribution is 2.47. The van der Waals surface area contributed by atoms with Gasteiger partial charge in [-0.2, -0.15) is 0 Å². The van der Waals surface area contributed by atoms with Crippen molar-refractivity contribution in [1.29, 1.82) is 0 Å². The fourth-order valence-corrected chi connectivity index (χ4v) is 3.38. The van der Waals surface area contributed by atoms with E-state index < -0.39 is 35.3 Å². The molecule has 21 heavy (non-hydrogen) atoms. The lowest BCUT2D eigenvalue weighted by Gasteiger charge is -2.35. The highest BCUT2D eigenvalue weighted by molar-refractivity contribution is 6.02. The summed E-state index contributed by atoms with van der Waals surface area (Å²) in [7, 11) is 0. The van der Waals surface area contributed by atoms with Crippen LogP contribution in [-0.4, -0.2) is 36.7 Å². The second-order valence-corrected chi connectivity index (χ2v) is 5.51. The first-order valence-electron chi connectivity index (χ1n) is 7.62. The SMILES string of the molecule is CCOC(=O)[C@@H]1C(=O)OC2(CCCCC2)[C@@H]1C(=O)OCC. The van der Waals surface area contributed by atoms with Gasteiger partial charge in [0.2, 0.25) is 0 Å². The van der Waals surface area contributed by atoms with Gasteiger partial charge in [-0.1, -0.05) is 6.42 Å². The van der Waals surface area contributed by atoms with Gasteiger partial charge >= 0.3 is 17.9 Å². The van der Waals surface area contributed by atoms with Crippen molar-refractivity contribution >= 4 is 17.9 Å². The molecule has 0 bridgehead atoms. The summed E-state index contributed by atoms with van der Waals surface area (Å²) in [6.07, 6.45) is 3.98. The maximum absolute atomic E-state index is 12.3. The molecule has 0 N–H and O–H groups in total. The molecule has 6 nitrogen and oxygen atoms in total. The lowest BCUT2D eigenvalue weighted by molar-refractivity contribution is -0.163. The van der Waals surface area contributed by atoms with Gasteiger partial charge in [0.25, 0.3) is 0 Å². The Labute approximate surface area is 124 Å². The van der Waals surface area contributed by atoms with Crippen LogP contribution in [0.4, 0.5) is 0 Å². The number of carbonyl (C=O) groups excluding carboxylic acids is 3. The molecule has 2 atom stereocenters. The number of hydrogen-bond acceptors (Lipinski definition) is 6. The van der Waals surface area contributed by atoms with Crippen molar-refractivity contribution in [2.75, 3.05) is 13.2 Å². The maximum atomic E-state index is 12.3. The Hall–Kier alpha value is -1.59. The molecule has 0 unspecified atom stereocenters. The molecule has 118 valence electrons. The molecule has 2 rings (SSSR count). The summed E-state index contributed by atoms with van der Waals surface area (Å²) < 4.78 is 15.5. The Morgan fingerprint density at radius 2 is 1.67 bits per heavy atom. The molecule has 1 heterocycles. The van der Waals surface area contributed by atoms with Gasteiger partial charge in [-0.25, -0.2) is 0 Å². The Morgan fingerprint density at radius 3 is 2.24 bits per heavy atom. The lowest BCUT2D eigenvalue weighted by atomic mass is 9.72. The maximum Gasteiger partial charge on any atom is 0.321 e. The predicted octanol–water partition coefficient (Wildman–Crippen LogP) is 1.60. The molecule has 2 aliphatic rings. The molecule has 1 saturated heterocycles. The first-order valence-corrected chi connectivity index (χ1v) is 7.62. The first-order chi connectivity index (χ1) is 10.1. The largest absolute Gasteiger partial charge is 0.466 e. The normalized spacial score (nSPS) is 27.2. The van der Waals surface area contributed by atoms with Gasteiger partial charge in [-0.15, -0.1) is 0 Å². The van der Waals surface area contributed by atoms with Gasteiger partial charge < -0.3 is 14.2 Å². The van der Waals surface area contributed by atoms with Crippen molar-refractivity contribution < 1.29 is 28.6 Å².